The van der Waals surface area contributed by atoms with E-state index in [1.54, 1.807) is 6.08 Å². The van der Waals surface area contributed by atoms with Crippen LogP contribution in [0.4, 0.5) is 0 Å². The van der Waals surface area contributed by atoms with Crippen LogP contribution in [0.1, 0.15) is 6.42 Å². The third-order valence-corrected chi connectivity index (χ3v) is 0.928. The van der Waals surface area contributed by atoms with Crippen LogP contribution in [-0.2, 0) is 0 Å². The highest BCUT2D eigenvalue weighted by Crippen LogP contribution is 1.98. The van der Waals surface area contributed by atoms with Crippen molar-refractivity contribution in [2.75, 3.05) is 0 Å². The van der Waals surface area contributed by atoms with Gasteiger partial charge in [-0.05, 0) is 6.42 Å². The molecule has 1 radical (unpaired) electrons. The van der Waals surface area contributed by atoms with Crippen molar-refractivity contribution in [3.63, 3.8) is 0 Å². The molecular weight excluding hydrogens is 95.5 g/mol. The van der Waals surface area contributed by atoms with Crippen molar-refractivity contribution in [1.82, 2.24) is 0 Å². The lowest BCUT2D eigenvalue weighted by molar-refractivity contribution is 1.06. The Hall–Kier alpha value is 0.0300. The van der Waals surface area contributed by atoms with Gasteiger partial charge < -0.3 is 0 Å². The molecule has 0 saturated heterocycles. The quantitative estimate of drug-likeness (QED) is 0.371. The van der Waals surface area contributed by atoms with E-state index in [-0.39, 0.29) is 5.38 Å². The van der Waals surface area contributed by atoms with Crippen LogP contribution < -0.4 is 0 Å². The standard InChI is InChI=1S/C5H8Cl/c1-3-5(6)4-2/h3,5H,1-2,4H2. The van der Waals surface area contributed by atoms with Gasteiger partial charge >= 0.3 is 0 Å². The monoisotopic (exact) mass is 103 g/mol. The molecule has 35 valence electrons. The Morgan fingerprint density at radius 1 is 1.83 bits per heavy atom. The smallest absolute Gasteiger partial charge is 0.0513 e. The van der Waals surface area contributed by atoms with Crippen molar-refractivity contribution in [1.29, 1.82) is 0 Å². The minimum absolute atomic E-state index is 0.0602. The van der Waals surface area contributed by atoms with Crippen LogP contribution in [-0.4, -0.2) is 5.38 Å². The number of halogens is 1. The number of hydrogen-bond donors (Lipinski definition) is 0. The average molecular weight is 104 g/mol. The van der Waals surface area contributed by atoms with E-state index >= 15 is 0 Å². The van der Waals surface area contributed by atoms with Crippen LogP contribution in [0.3, 0.4) is 0 Å². The maximum atomic E-state index is 5.47. The zero-order chi connectivity index (χ0) is 4.99. The first-order valence-corrected chi connectivity index (χ1v) is 2.30. The second kappa shape index (κ2) is 3.23. The second-order valence-electron chi connectivity index (χ2n) is 1.04. The van der Waals surface area contributed by atoms with E-state index in [1.807, 2.05) is 0 Å². The number of hydrogen-bond acceptors (Lipinski definition) is 0. The van der Waals surface area contributed by atoms with Gasteiger partial charge in [0, 0.05) is 0 Å². The molecule has 0 aliphatic rings. The highest BCUT2D eigenvalue weighted by molar-refractivity contribution is 6.21. The zero-order valence-corrected chi connectivity index (χ0v) is 4.41. The molecule has 1 atom stereocenters. The average Bonchev–Trinajstić information content (AvgIpc) is 1.65. The first-order valence-electron chi connectivity index (χ1n) is 1.87. The van der Waals surface area contributed by atoms with Crippen LogP contribution >= 0.6 is 11.6 Å². The molecule has 1 heteroatoms. The van der Waals surface area contributed by atoms with Crippen molar-refractivity contribution in [2.45, 2.75) is 11.8 Å². The Balaban J connectivity index is 2.96. The maximum absolute atomic E-state index is 5.47. The predicted octanol–water partition coefficient (Wildman–Crippen LogP) is 2.00. The van der Waals surface area contributed by atoms with E-state index in [9.17, 15) is 0 Å². The van der Waals surface area contributed by atoms with Gasteiger partial charge in [0.2, 0.25) is 0 Å². The molecule has 0 aliphatic heterocycles. The Bertz CT molecular complexity index is 41.2. The normalized spacial score (nSPS) is 13.7. The largest absolute Gasteiger partial charge is 0.118 e. The fourth-order valence-electron chi connectivity index (χ4n) is 0.118. The van der Waals surface area contributed by atoms with Crippen molar-refractivity contribution in [3.8, 4) is 0 Å². The number of rotatable bonds is 2. The zero-order valence-electron chi connectivity index (χ0n) is 3.65. The van der Waals surface area contributed by atoms with Crippen molar-refractivity contribution in [2.24, 2.45) is 0 Å². The molecule has 0 rings (SSSR count). The summed E-state index contributed by atoms with van der Waals surface area (Å²) in [6.07, 6.45) is 2.40. The Labute approximate surface area is 43.8 Å². The fourth-order valence-corrected chi connectivity index (χ4v) is 0.118. The van der Waals surface area contributed by atoms with E-state index in [1.165, 1.54) is 0 Å². The van der Waals surface area contributed by atoms with Crippen LogP contribution in [0.2, 0.25) is 0 Å². The molecule has 0 N–H and O–H groups in total. The van der Waals surface area contributed by atoms with E-state index in [2.05, 4.69) is 13.5 Å². The summed E-state index contributed by atoms with van der Waals surface area (Å²) >= 11 is 5.47. The van der Waals surface area contributed by atoms with E-state index in [0.29, 0.717) is 0 Å². The maximum Gasteiger partial charge on any atom is 0.0513 e. The number of allylic oxidation sites excluding steroid dienone is 1. The Kier molecular flexibility index (Phi) is 3.24. The van der Waals surface area contributed by atoms with Gasteiger partial charge in [-0.25, -0.2) is 0 Å². The molecule has 0 aromatic carbocycles. The summed E-state index contributed by atoms with van der Waals surface area (Å²) < 4.78 is 0. The summed E-state index contributed by atoms with van der Waals surface area (Å²) in [5, 5.41) is 0.0602. The fraction of sp³-hybridized carbons (Fsp3) is 0.400. The third-order valence-electron chi connectivity index (χ3n) is 0.532. The lowest BCUT2D eigenvalue weighted by Gasteiger charge is -1.90. The van der Waals surface area contributed by atoms with E-state index < -0.39 is 0 Å². The van der Waals surface area contributed by atoms with Gasteiger partial charge in [-0.1, -0.05) is 13.0 Å². The van der Waals surface area contributed by atoms with Gasteiger partial charge in [-0.3, -0.25) is 0 Å². The molecule has 1 unspecified atom stereocenters. The molecule has 0 nitrogen and oxygen atoms in total. The van der Waals surface area contributed by atoms with Gasteiger partial charge in [-0.15, -0.1) is 18.2 Å². The van der Waals surface area contributed by atoms with Gasteiger partial charge in [-0.2, -0.15) is 0 Å². The molecule has 0 amide bonds. The Morgan fingerprint density at radius 2 is 2.33 bits per heavy atom. The van der Waals surface area contributed by atoms with Gasteiger partial charge in [0.25, 0.3) is 0 Å². The molecule has 0 aliphatic carbocycles. The third kappa shape index (κ3) is 2.28. The summed E-state index contributed by atoms with van der Waals surface area (Å²) in [4.78, 5) is 0. The van der Waals surface area contributed by atoms with E-state index in [0.717, 1.165) is 6.42 Å². The SMILES string of the molecule is [CH2]CC(Cl)C=C. The predicted molar refractivity (Wildman–Crippen MR) is 29.8 cm³/mol. The van der Waals surface area contributed by atoms with Gasteiger partial charge in [0.1, 0.15) is 0 Å². The summed E-state index contributed by atoms with van der Waals surface area (Å²) in [5.74, 6) is 0. The van der Waals surface area contributed by atoms with Gasteiger partial charge in [0.15, 0.2) is 0 Å². The molecule has 0 bridgehead atoms. The molecule has 0 fully saturated rings. The topological polar surface area (TPSA) is 0 Å². The molecule has 0 aromatic rings. The first-order chi connectivity index (χ1) is 2.81. The summed E-state index contributed by atoms with van der Waals surface area (Å²) in [7, 11) is 0. The van der Waals surface area contributed by atoms with Crippen molar-refractivity contribution >= 4 is 11.6 Å². The van der Waals surface area contributed by atoms with Crippen molar-refractivity contribution in [3.05, 3.63) is 19.6 Å². The lowest BCUT2D eigenvalue weighted by Crippen LogP contribution is -1.85. The number of alkyl halides is 1. The minimum Gasteiger partial charge on any atom is -0.118 e. The molecule has 0 spiro atoms. The van der Waals surface area contributed by atoms with Crippen LogP contribution in [0.25, 0.3) is 0 Å². The second-order valence-corrected chi connectivity index (χ2v) is 1.60. The molecule has 0 aromatic heterocycles. The first kappa shape index (κ1) is 6.03. The molecular formula is C5H8Cl. The van der Waals surface area contributed by atoms with Crippen molar-refractivity contribution < 1.29 is 0 Å². The Morgan fingerprint density at radius 3 is 2.33 bits per heavy atom. The van der Waals surface area contributed by atoms with Crippen LogP contribution in [0.5, 0.6) is 0 Å². The van der Waals surface area contributed by atoms with Crippen LogP contribution in [0.15, 0.2) is 12.7 Å². The highest BCUT2D eigenvalue weighted by Gasteiger charge is 1.87. The summed E-state index contributed by atoms with van der Waals surface area (Å²) in [5.41, 5.74) is 0. The molecule has 0 heterocycles. The van der Waals surface area contributed by atoms with Crippen LogP contribution in [0, 0.1) is 6.92 Å². The highest BCUT2D eigenvalue weighted by atomic mass is 35.5. The summed E-state index contributed by atoms with van der Waals surface area (Å²) in [6.45, 7) is 7.01. The van der Waals surface area contributed by atoms with Gasteiger partial charge in [0.05, 0.1) is 5.38 Å². The molecule has 6 heavy (non-hydrogen) atoms. The van der Waals surface area contributed by atoms with E-state index in [4.69, 9.17) is 11.6 Å². The molecule has 0 saturated carbocycles. The summed E-state index contributed by atoms with van der Waals surface area (Å²) in [6, 6.07) is 0. The lowest BCUT2D eigenvalue weighted by atomic mass is 10.3. The minimum atomic E-state index is 0.0602.